The number of anilines is 1. The topological polar surface area (TPSA) is 40.6 Å². The van der Waals surface area contributed by atoms with Gasteiger partial charge in [-0.15, -0.1) is 0 Å². The summed E-state index contributed by atoms with van der Waals surface area (Å²) in [7, 11) is 0. The summed E-state index contributed by atoms with van der Waals surface area (Å²) in [6.07, 6.45) is 1.26. The van der Waals surface area contributed by atoms with Crippen LogP contribution in [0.4, 0.5) is 18.9 Å². The number of benzene rings is 1. The van der Waals surface area contributed by atoms with E-state index in [-0.39, 0.29) is 24.0 Å². The minimum Gasteiger partial charge on any atom is -0.329 e. The Bertz CT molecular complexity index is 582. The Morgan fingerprint density at radius 3 is 2.40 bits per heavy atom. The van der Waals surface area contributed by atoms with Gasteiger partial charge in [-0.05, 0) is 12.8 Å². The normalized spacial score (nSPS) is 22.4. The fourth-order valence-electron chi connectivity index (χ4n) is 2.72. The lowest BCUT2D eigenvalue weighted by molar-refractivity contribution is -0.140. The Labute approximate surface area is 112 Å². The van der Waals surface area contributed by atoms with Gasteiger partial charge in [-0.3, -0.25) is 9.59 Å². The summed E-state index contributed by atoms with van der Waals surface area (Å²) < 4.78 is 39.4. The van der Waals surface area contributed by atoms with Gasteiger partial charge in [0.1, 0.15) is 12.6 Å². The van der Waals surface area contributed by atoms with Gasteiger partial charge in [-0.25, -0.2) is 13.2 Å². The van der Waals surface area contributed by atoms with Gasteiger partial charge in [0.2, 0.25) is 11.8 Å². The lowest BCUT2D eigenvalue weighted by atomic mass is 10.1. The van der Waals surface area contributed by atoms with Crippen LogP contribution in [0.1, 0.15) is 12.8 Å². The molecule has 0 aromatic heterocycles. The highest BCUT2D eigenvalue weighted by Crippen LogP contribution is 2.29. The van der Waals surface area contributed by atoms with Crippen LogP contribution in [0.5, 0.6) is 0 Å². The molecule has 3 rings (SSSR count). The van der Waals surface area contributed by atoms with Gasteiger partial charge in [-0.1, -0.05) is 0 Å². The SMILES string of the molecule is O=C1C2CCCN2C(=O)CN1c1cc(F)c(F)c(F)c1. The van der Waals surface area contributed by atoms with E-state index in [0.29, 0.717) is 13.0 Å². The second-order valence-electron chi connectivity index (χ2n) is 4.89. The third-order valence-electron chi connectivity index (χ3n) is 3.70. The molecule has 20 heavy (non-hydrogen) atoms. The number of carbonyl (C=O) groups excluding carboxylic acids is 2. The van der Waals surface area contributed by atoms with Gasteiger partial charge in [-0.2, -0.15) is 0 Å². The van der Waals surface area contributed by atoms with E-state index in [0.717, 1.165) is 23.5 Å². The predicted octanol–water partition coefficient (Wildman–Crippen LogP) is 1.44. The van der Waals surface area contributed by atoms with E-state index < -0.39 is 23.5 Å². The molecule has 1 aromatic carbocycles. The molecule has 2 fully saturated rings. The monoisotopic (exact) mass is 284 g/mol. The Morgan fingerprint density at radius 2 is 1.75 bits per heavy atom. The zero-order valence-electron chi connectivity index (χ0n) is 10.4. The molecule has 2 aliphatic rings. The number of carbonyl (C=O) groups is 2. The maximum atomic E-state index is 13.2. The predicted molar refractivity (Wildman–Crippen MR) is 63.4 cm³/mol. The van der Waals surface area contributed by atoms with Crippen molar-refractivity contribution in [3.05, 3.63) is 29.6 Å². The zero-order valence-corrected chi connectivity index (χ0v) is 10.4. The molecule has 0 bridgehead atoms. The van der Waals surface area contributed by atoms with Gasteiger partial charge in [0.05, 0.1) is 5.69 Å². The van der Waals surface area contributed by atoms with Gasteiger partial charge in [0.15, 0.2) is 17.5 Å². The summed E-state index contributed by atoms with van der Waals surface area (Å²) in [5.41, 5.74) is -0.133. The first-order valence-corrected chi connectivity index (χ1v) is 6.24. The van der Waals surface area contributed by atoms with Gasteiger partial charge < -0.3 is 9.80 Å². The second kappa shape index (κ2) is 4.50. The molecule has 7 heteroatoms. The van der Waals surface area contributed by atoms with Crippen molar-refractivity contribution in [2.75, 3.05) is 18.0 Å². The summed E-state index contributed by atoms with van der Waals surface area (Å²) in [6.45, 7) is 0.245. The minimum atomic E-state index is -1.59. The van der Waals surface area contributed by atoms with Crippen molar-refractivity contribution >= 4 is 17.5 Å². The molecule has 0 N–H and O–H groups in total. The van der Waals surface area contributed by atoms with Crippen LogP contribution in [0, 0.1) is 17.5 Å². The number of rotatable bonds is 1. The van der Waals surface area contributed by atoms with Crippen molar-refractivity contribution < 1.29 is 22.8 Å². The summed E-state index contributed by atoms with van der Waals surface area (Å²) >= 11 is 0. The first-order chi connectivity index (χ1) is 9.49. The van der Waals surface area contributed by atoms with Gasteiger partial charge >= 0.3 is 0 Å². The maximum Gasteiger partial charge on any atom is 0.250 e. The maximum absolute atomic E-state index is 13.2. The van der Waals surface area contributed by atoms with Crippen LogP contribution in [0.25, 0.3) is 0 Å². The fourth-order valence-corrected chi connectivity index (χ4v) is 2.72. The van der Waals surface area contributed by atoms with Crippen LogP contribution in [0.3, 0.4) is 0 Å². The average Bonchev–Trinajstić information content (AvgIpc) is 2.89. The number of piperazine rings is 1. The Hall–Kier alpha value is -2.05. The molecular weight excluding hydrogens is 273 g/mol. The van der Waals surface area contributed by atoms with Crippen molar-refractivity contribution in [1.29, 1.82) is 0 Å². The van der Waals surface area contributed by atoms with E-state index in [2.05, 4.69) is 0 Å². The first kappa shape index (κ1) is 13.0. The molecule has 1 aromatic rings. The Kier molecular flexibility index (Phi) is 2.92. The number of nitrogens with zero attached hydrogens (tertiary/aromatic N) is 2. The van der Waals surface area contributed by atoms with Crippen LogP contribution >= 0.6 is 0 Å². The second-order valence-corrected chi connectivity index (χ2v) is 4.89. The molecule has 2 amide bonds. The van der Waals surface area contributed by atoms with Crippen molar-refractivity contribution in [2.45, 2.75) is 18.9 Å². The minimum absolute atomic E-state index is 0.133. The molecule has 4 nitrogen and oxygen atoms in total. The third kappa shape index (κ3) is 1.85. The highest BCUT2D eigenvalue weighted by Gasteiger charge is 2.42. The summed E-state index contributed by atoms with van der Waals surface area (Å²) in [5, 5.41) is 0. The van der Waals surface area contributed by atoms with Crippen molar-refractivity contribution in [2.24, 2.45) is 0 Å². The molecule has 0 saturated carbocycles. The standard InChI is InChI=1S/C13H11F3N2O2/c14-8-4-7(5-9(15)12(8)16)18-6-11(19)17-3-1-2-10(17)13(18)20/h4-5,10H,1-3,6H2. The number of hydrogen-bond donors (Lipinski definition) is 0. The third-order valence-corrected chi connectivity index (χ3v) is 3.70. The summed E-state index contributed by atoms with van der Waals surface area (Å²) in [4.78, 5) is 26.7. The highest BCUT2D eigenvalue weighted by atomic mass is 19.2. The lowest BCUT2D eigenvalue weighted by Gasteiger charge is -2.36. The molecular formula is C13H11F3N2O2. The molecule has 1 unspecified atom stereocenters. The fraction of sp³-hybridized carbons (Fsp3) is 0.385. The van der Waals surface area contributed by atoms with Crippen LogP contribution in [-0.4, -0.2) is 35.8 Å². The molecule has 1 atom stereocenters. The average molecular weight is 284 g/mol. The van der Waals surface area contributed by atoms with Crippen LogP contribution in [0.15, 0.2) is 12.1 Å². The van der Waals surface area contributed by atoms with Crippen LogP contribution in [-0.2, 0) is 9.59 Å². The zero-order chi connectivity index (χ0) is 14.4. The van der Waals surface area contributed by atoms with E-state index in [4.69, 9.17) is 0 Å². The van der Waals surface area contributed by atoms with Crippen molar-refractivity contribution in [3.8, 4) is 0 Å². The van der Waals surface area contributed by atoms with Crippen molar-refractivity contribution in [3.63, 3.8) is 0 Å². The highest BCUT2D eigenvalue weighted by molar-refractivity contribution is 6.06. The van der Waals surface area contributed by atoms with E-state index in [9.17, 15) is 22.8 Å². The Balaban J connectivity index is 1.98. The van der Waals surface area contributed by atoms with E-state index in [1.807, 2.05) is 0 Å². The molecule has 0 spiro atoms. The molecule has 2 heterocycles. The molecule has 106 valence electrons. The smallest absolute Gasteiger partial charge is 0.250 e. The van der Waals surface area contributed by atoms with Gasteiger partial charge in [0.25, 0.3) is 0 Å². The van der Waals surface area contributed by atoms with Crippen LogP contribution in [0.2, 0.25) is 0 Å². The number of amides is 2. The molecule has 2 saturated heterocycles. The molecule has 2 aliphatic heterocycles. The van der Waals surface area contributed by atoms with Crippen molar-refractivity contribution in [1.82, 2.24) is 4.90 Å². The summed E-state index contributed by atoms with van der Waals surface area (Å²) in [5.74, 6) is -5.00. The lowest BCUT2D eigenvalue weighted by Crippen LogP contribution is -2.57. The van der Waals surface area contributed by atoms with Crippen LogP contribution < -0.4 is 4.90 Å². The van der Waals surface area contributed by atoms with E-state index >= 15 is 0 Å². The quantitative estimate of drug-likeness (QED) is 0.732. The van der Waals surface area contributed by atoms with E-state index in [1.165, 1.54) is 4.90 Å². The first-order valence-electron chi connectivity index (χ1n) is 6.24. The molecule has 0 radical (unpaired) electrons. The van der Waals surface area contributed by atoms with Gasteiger partial charge in [0, 0.05) is 18.7 Å². The number of halogens is 3. The molecule has 0 aliphatic carbocycles. The summed E-state index contributed by atoms with van der Waals surface area (Å²) in [6, 6.07) is 0.884. The van der Waals surface area contributed by atoms with E-state index in [1.54, 1.807) is 0 Å². The number of fused-ring (bicyclic) bond motifs is 1. The largest absolute Gasteiger partial charge is 0.329 e. The Morgan fingerprint density at radius 1 is 1.10 bits per heavy atom. The number of hydrogen-bond acceptors (Lipinski definition) is 2.